The van der Waals surface area contributed by atoms with Gasteiger partial charge in [0, 0.05) is 23.9 Å². The van der Waals surface area contributed by atoms with E-state index in [2.05, 4.69) is 5.10 Å². The van der Waals surface area contributed by atoms with Gasteiger partial charge in [-0.25, -0.2) is 0 Å². The molecule has 1 aromatic carbocycles. The van der Waals surface area contributed by atoms with Crippen LogP contribution in [0, 0.1) is 0 Å². The second-order valence-corrected chi connectivity index (χ2v) is 4.25. The summed E-state index contributed by atoms with van der Waals surface area (Å²) in [5.41, 5.74) is 7.41. The minimum absolute atomic E-state index is 0.185. The molecule has 0 unspecified atom stereocenters. The molecule has 90 valence electrons. The van der Waals surface area contributed by atoms with E-state index in [1.807, 2.05) is 18.2 Å². The van der Waals surface area contributed by atoms with Crippen molar-refractivity contribution in [1.29, 1.82) is 0 Å². The zero-order valence-corrected chi connectivity index (χ0v) is 9.50. The normalized spacial score (nSPS) is 17.4. The Hall–Kier alpha value is -1.75. The van der Waals surface area contributed by atoms with Crippen LogP contribution in [0.1, 0.15) is 12.8 Å². The van der Waals surface area contributed by atoms with Crippen molar-refractivity contribution in [3.05, 3.63) is 24.4 Å². The second kappa shape index (κ2) is 4.25. The molecule has 0 spiro atoms. The van der Waals surface area contributed by atoms with Crippen LogP contribution in [0.15, 0.2) is 24.4 Å². The van der Waals surface area contributed by atoms with Gasteiger partial charge >= 0.3 is 0 Å². The Kier molecular flexibility index (Phi) is 2.60. The summed E-state index contributed by atoms with van der Waals surface area (Å²) in [4.78, 5) is 7.42. The minimum Gasteiger partial charge on any atom is -0.399 e. The SMILES string of the molecule is Nc1ccc2c(cnn2OC2CCOCC2)c1. The van der Waals surface area contributed by atoms with Crippen molar-refractivity contribution < 1.29 is 9.57 Å². The lowest BCUT2D eigenvalue weighted by Gasteiger charge is -2.22. The molecule has 1 fully saturated rings. The van der Waals surface area contributed by atoms with Crippen LogP contribution in [0.3, 0.4) is 0 Å². The number of rotatable bonds is 2. The van der Waals surface area contributed by atoms with Gasteiger partial charge in [-0.2, -0.15) is 0 Å². The number of hydrogen-bond acceptors (Lipinski definition) is 4. The Morgan fingerprint density at radius 1 is 1.35 bits per heavy atom. The highest BCUT2D eigenvalue weighted by Crippen LogP contribution is 2.17. The Bertz CT molecular complexity index is 517. The molecule has 3 rings (SSSR count). The van der Waals surface area contributed by atoms with Crippen LogP contribution in [0.2, 0.25) is 0 Å². The summed E-state index contributed by atoms with van der Waals surface area (Å²) in [6.07, 6.45) is 3.78. The zero-order chi connectivity index (χ0) is 11.7. The molecule has 0 saturated carbocycles. The maximum atomic E-state index is 5.83. The number of nitrogens with zero attached hydrogens (tertiary/aromatic N) is 2. The molecule has 2 N–H and O–H groups in total. The van der Waals surface area contributed by atoms with Crippen molar-refractivity contribution in [2.24, 2.45) is 0 Å². The fraction of sp³-hybridized carbons (Fsp3) is 0.417. The van der Waals surface area contributed by atoms with Gasteiger partial charge in [0.2, 0.25) is 0 Å². The van der Waals surface area contributed by atoms with E-state index in [1.165, 1.54) is 0 Å². The monoisotopic (exact) mass is 233 g/mol. The lowest BCUT2D eigenvalue weighted by molar-refractivity contribution is -0.0455. The van der Waals surface area contributed by atoms with Gasteiger partial charge in [0.15, 0.2) is 0 Å². The molecule has 0 radical (unpaired) electrons. The summed E-state index contributed by atoms with van der Waals surface area (Å²) >= 11 is 0. The molecule has 2 aromatic rings. The van der Waals surface area contributed by atoms with Crippen LogP contribution in [-0.2, 0) is 4.74 Å². The van der Waals surface area contributed by atoms with E-state index in [9.17, 15) is 0 Å². The van der Waals surface area contributed by atoms with Gasteiger partial charge in [-0.05, 0) is 18.2 Å². The number of aromatic nitrogens is 2. The smallest absolute Gasteiger partial charge is 0.131 e. The van der Waals surface area contributed by atoms with Crippen molar-refractivity contribution in [2.45, 2.75) is 18.9 Å². The maximum Gasteiger partial charge on any atom is 0.131 e. The highest BCUT2D eigenvalue weighted by Gasteiger charge is 2.17. The van der Waals surface area contributed by atoms with Crippen molar-refractivity contribution in [2.75, 3.05) is 18.9 Å². The summed E-state index contributed by atoms with van der Waals surface area (Å²) in [6.45, 7) is 1.52. The average molecular weight is 233 g/mol. The van der Waals surface area contributed by atoms with E-state index >= 15 is 0 Å². The van der Waals surface area contributed by atoms with Crippen molar-refractivity contribution in [3.8, 4) is 0 Å². The van der Waals surface area contributed by atoms with Crippen LogP contribution in [0.5, 0.6) is 0 Å². The molecule has 0 aliphatic carbocycles. The topological polar surface area (TPSA) is 62.3 Å². The van der Waals surface area contributed by atoms with E-state index in [4.69, 9.17) is 15.3 Å². The van der Waals surface area contributed by atoms with Crippen LogP contribution in [-0.4, -0.2) is 29.3 Å². The van der Waals surface area contributed by atoms with Gasteiger partial charge in [-0.1, -0.05) is 4.85 Å². The number of ether oxygens (including phenoxy) is 1. The molecule has 5 heteroatoms. The Balaban J connectivity index is 1.84. The molecule has 5 nitrogen and oxygen atoms in total. The molecule has 0 amide bonds. The number of fused-ring (bicyclic) bond motifs is 1. The number of anilines is 1. The van der Waals surface area contributed by atoms with Crippen LogP contribution < -0.4 is 10.6 Å². The molecular weight excluding hydrogens is 218 g/mol. The molecule has 17 heavy (non-hydrogen) atoms. The van der Waals surface area contributed by atoms with Crippen molar-refractivity contribution in [3.63, 3.8) is 0 Å². The predicted octanol–water partition coefficient (Wildman–Crippen LogP) is 1.23. The lowest BCUT2D eigenvalue weighted by Crippen LogP contribution is -2.31. The third-order valence-corrected chi connectivity index (χ3v) is 2.98. The number of hydrogen-bond donors (Lipinski definition) is 1. The molecule has 1 aromatic heterocycles. The van der Waals surface area contributed by atoms with Crippen LogP contribution >= 0.6 is 0 Å². The average Bonchev–Trinajstić information content (AvgIpc) is 2.73. The van der Waals surface area contributed by atoms with E-state index in [0.717, 1.165) is 42.6 Å². The molecule has 0 atom stereocenters. The number of benzene rings is 1. The first-order valence-corrected chi connectivity index (χ1v) is 5.81. The number of nitrogen functional groups attached to an aromatic ring is 1. The first-order valence-electron chi connectivity index (χ1n) is 5.81. The van der Waals surface area contributed by atoms with Crippen molar-refractivity contribution in [1.82, 2.24) is 9.94 Å². The molecule has 2 heterocycles. The molecule has 1 aliphatic heterocycles. The summed E-state index contributed by atoms with van der Waals surface area (Å²) in [6, 6.07) is 5.68. The van der Waals surface area contributed by atoms with Crippen LogP contribution in [0.4, 0.5) is 5.69 Å². The van der Waals surface area contributed by atoms with E-state index in [0.29, 0.717) is 0 Å². The predicted molar refractivity (Wildman–Crippen MR) is 64.6 cm³/mol. The summed E-state index contributed by atoms with van der Waals surface area (Å²) in [7, 11) is 0. The minimum atomic E-state index is 0.185. The van der Waals surface area contributed by atoms with E-state index < -0.39 is 0 Å². The fourth-order valence-electron chi connectivity index (χ4n) is 2.03. The number of nitrogens with two attached hydrogens (primary N) is 1. The van der Waals surface area contributed by atoms with Crippen molar-refractivity contribution >= 4 is 16.6 Å². The lowest BCUT2D eigenvalue weighted by atomic mass is 10.2. The highest BCUT2D eigenvalue weighted by atomic mass is 16.7. The summed E-state index contributed by atoms with van der Waals surface area (Å²) < 4.78 is 5.30. The Labute approximate surface area is 99.1 Å². The van der Waals surface area contributed by atoms with Gasteiger partial charge < -0.3 is 15.3 Å². The van der Waals surface area contributed by atoms with Gasteiger partial charge in [-0.15, -0.1) is 5.10 Å². The summed E-state index contributed by atoms with van der Waals surface area (Å²) in [5.74, 6) is 0. The first kappa shape index (κ1) is 10.4. The Morgan fingerprint density at radius 3 is 3.00 bits per heavy atom. The van der Waals surface area contributed by atoms with Gasteiger partial charge in [0.05, 0.1) is 19.4 Å². The quantitative estimate of drug-likeness (QED) is 0.792. The molecule has 1 aliphatic rings. The molecular formula is C12H15N3O2. The molecule has 0 bridgehead atoms. The van der Waals surface area contributed by atoms with Crippen LogP contribution in [0.25, 0.3) is 10.9 Å². The molecule has 1 saturated heterocycles. The maximum absolute atomic E-state index is 5.83. The van der Waals surface area contributed by atoms with Gasteiger partial charge in [0.1, 0.15) is 11.6 Å². The fourth-order valence-corrected chi connectivity index (χ4v) is 2.03. The highest BCUT2D eigenvalue weighted by molar-refractivity contribution is 5.81. The standard InChI is InChI=1S/C12H15N3O2/c13-10-1-2-12-9(7-10)8-14-15(12)17-11-3-5-16-6-4-11/h1-2,7-8,11H,3-6,13H2. The third kappa shape index (κ3) is 2.06. The summed E-state index contributed by atoms with van der Waals surface area (Å²) in [5, 5.41) is 5.23. The zero-order valence-electron chi connectivity index (χ0n) is 9.50. The largest absolute Gasteiger partial charge is 0.399 e. The van der Waals surface area contributed by atoms with Gasteiger partial charge in [0.25, 0.3) is 0 Å². The van der Waals surface area contributed by atoms with E-state index in [-0.39, 0.29) is 6.10 Å². The first-order chi connectivity index (χ1) is 8.33. The third-order valence-electron chi connectivity index (χ3n) is 2.98. The van der Waals surface area contributed by atoms with Gasteiger partial charge in [-0.3, -0.25) is 0 Å². The Morgan fingerprint density at radius 2 is 2.18 bits per heavy atom. The van der Waals surface area contributed by atoms with E-state index in [1.54, 1.807) is 11.0 Å². The second-order valence-electron chi connectivity index (χ2n) is 4.25.